The van der Waals surface area contributed by atoms with Crippen LogP contribution in [0.2, 0.25) is 0 Å². The van der Waals surface area contributed by atoms with E-state index in [-0.39, 0.29) is 23.7 Å². The Labute approximate surface area is 249 Å². The van der Waals surface area contributed by atoms with Gasteiger partial charge in [0, 0.05) is 0 Å². The molecule has 0 saturated carbocycles. The van der Waals surface area contributed by atoms with Crippen LogP contribution in [0.4, 0.5) is 0 Å². The molecule has 0 saturated heterocycles. The molecule has 1 aromatic heterocycles. The molecule has 3 rings (SSSR count). The van der Waals surface area contributed by atoms with E-state index in [0.717, 1.165) is 31.3 Å². The fourth-order valence-corrected chi connectivity index (χ4v) is 4.17. The van der Waals surface area contributed by atoms with Crippen molar-refractivity contribution in [3.8, 4) is 17.2 Å². The first-order valence-electron chi connectivity index (χ1n) is 14.4. The second-order valence-electron chi connectivity index (χ2n) is 10.8. The smallest absolute Gasteiger partial charge is 0.383 e. The van der Waals surface area contributed by atoms with Crippen molar-refractivity contribution in [1.82, 2.24) is 0 Å². The van der Waals surface area contributed by atoms with Gasteiger partial charge < -0.3 is 18.6 Å². The fraction of sp³-hybridized carbons (Fsp3) is 0.333. The van der Waals surface area contributed by atoms with Crippen LogP contribution >= 0.6 is 0 Å². The molecule has 0 amide bonds. The standard InChI is InChI=1S/C36H42O6/c1-25(2)13-10-15-27(5)21-23-39-30-19-12-20-31-32(30)33(40-24-22-28(6)16-11-14-26(3)4)34(36(38)41-31)42-35(37)29-17-8-7-9-18-29/h7-9,12-14,17-22H,10-11,15-16,23-24H2,1-6H3. The first-order chi connectivity index (χ1) is 20.2. The van der Waals surface area contributed by atoms with Gasteiger partial charge in [-0.25, -0.2) is 9.59 Å². The van der Waals surface area contributed by atoms with Crippen molar-refractivity contribution in [2.45, 2.75) is 67.2 Å². The summed E-state index contributed by atoms with van der Waals surface area (Å²) >= 11 is 0. The third kappa shape index (κ3) is 9.95. The van der Waals surface area contributed by atoms with Crippen LogP contribution in [0.3, 0.4) is 0 Å². The van der Waals surface area contributed by atoms with Crippen molar-refractivity contribution < 1.29 is 23.4 Å². The van der Waals surface area contributed by atoms with E-state index in [1.165, 1.54) is 16.7 Å². The Hall–Kier alpha value is -4.32. The lowest BCUT2D eigenvalue weighted by molar-refractivity contribution is 0.0722. The Morgan fingerprint density at radius 1 is 0.714 bits per heavy atom. The number of carbonyl (C=O) groups excluding carboxylic acids is 1. The molecule has 0 spiro atoms. The number of benzene rings is 2. The molecule has 0 bridgehead atoms. The van der Waals surface area contributed by atoms with Gasteiger partial charge in [-0.05, 0) is 104 Å². The minimum absolute atomic E-state index is 0.110. The zero-order chi connectivity index (χ0) is 30.5. The molecule has 0 fully saturated rings. The van der Waals surface area contributed by atoms with Gasteiger partial charge in [0.05, 0.1) is 5.56 Å². The van der Waals surface area contributed by atoms with Crippen molar-refractivity contribution in [1.29, 1.82) is 0 Å². The van der Waals surface area contributed by atoms with Crippen LogP contribution in [-0.4, -0.2) is 19.2 Å². The van der Waals surface area contributed by atoms with E-state index in [4.69, 9.17) is 18.6 Å². The lowest BCUT2D eigenvalue weighted by Gasteiger charge is -2.15. The highest BCUT2D eigenvalue weighted by molar-refractivity contribution is 5.95. The van der Waals surface area contributed by atoms with E-state index in [1.807, 2.05) is 19.1 Å². The molecular formula is C36H42O6. The van der Waals surface area contributed by atoms with Crippen LogP contribution in [0.15, 0.2) is 104 Å². The van der Waals surface area contributed by atoms with Crippen LogP contribution in [-0.2, 0) is 0 Å². The third-order valence-electron chi connectivity index (χ3n) is 6.53. The topological polar surface area (TPSA) is 75.0 Å². The summed E-state index contributed by atoms with van der Waals surface area (Å²) in [5.41, 5.74) is 4.70. The first kappa shape index (κ1) is 32.2. The average Bonchev–Trinajstić information content (AvgIpc) is 2.94. The van der Waals surface area contributed by atoms with Crippen LogP contribution in [0.1, 0.15) is 77.6 Å². The van der Waals surface area contributed by atoms with Crippen molar-refractivity contribution in [2.24, 2.45) is 0 Å². The Balaban J connectivity index is 1.96. The van der Waals surface area contributed by atoms with Crippen LogP contribution in [0.5, 0.6) is 17.2 Å². The number of rotatable bonds is 14. The van der Waals surface area contributed by atoms with Gasteiger partial charge in [-0.3, -0.25) is 0 Å². The summed E-state index contributed by atoms with van der Waals surface area (Å²) in [6, 6.07) is 13.7. The van der Waals surface area contributed by atoms with Crippen molar-refractivity contribution in [3.05, 3.63) is 111 Å². The lowest BCUT2D eigenvalue weighted by Crippen LogP contribution is -2.16. The molecular weight excluding hydrogens is 528 g/mol. The minimum Gasteiger partial charge on any atom is -0.489 e. The van der Waals surface area contributed by atoms with Crippen molar-refractivity contribution in [3.63, 3.8) is 0 Å². The first-order valence-corrected chi connectivity index (χ1v) is 14.4. The quantitative estimate of drug-likeness (QED) is 0.109. The molecule has 0 aliphatic rings. The molecule has 0 radical (unpaired) electrons. The number of ether oxygens (including phenoxy) is 3. The highest BCUT2D eigenvalue weighted by atomic mass is 16.6. The van der Waals surface area contributed by atoms with Crippen LogP contribution in [0.25, 0.3) is 11.0 Å². The molecule has 0 aliphatic carbocycles. The van der Waals surface area contributed by atoms with Gasteiger partial charge in [0.15, 0.2) is 5.75 Å². The molecule has 6 nitrogen and oxygen atoms in total. The monoisotopic (exact) mass is 570 g/mol. The maximum Gasteiger partial charge on any atom is 0.383 e. The SMILES string of the molecule is CC(C)=CCCC(C)=CCOc1cccc2oc(=O)c(OC(=O)c3ccccc3)c(OCC=C(C)CCC=C(C)C)c12. The average molecular weight is 571 g/mol. The summed E-state index contributed by atoms with van der Waals surface area (Å²) in [6.45, 7) is 12.9. The van der Waals surface area contributed by atoms with Gasteiger partial charge in [0.2, 0.25) is 0 Å². The molecule has 42 heavy (non-hydrogen) atoms. The maximum atomic E-state index is 13.1. The largest absolute Gasteiger partial charge is 0.489 e. The molecule has 0 aliphatic heterocycles. The molecule has 0 unspecified atom stereocenters. The molecule has 1 heterocycles. The van der Waals surface area contributed by atoms with Gasteiger partial charge in [0.1, 0.15) is 29.9 Å². The molecule has 0 atom stereocenters. The number of hydrogen-bond donors (Lipinski definition) is 0. The Morgan fingerprint density at radius 3 is 1.90 bits per heavy atom. The summed E-state index contributed by atoms with van der Waals surface area (Å²) < 4.78 is 23.5. The van der Waals surface area contributed by atoms with Gasteiger partial charge in [-0.2, -0.15) is 0 Å². The number of allylic oxidation sites excluding steroid dienone is 6. The second-order valence-corrected chi connectivity index (χ2v) is 10.8. The fourth-order valence-electron chi connectivity index (χ4n) is 4.17. The van der Waals surface area contributed by atoms with E-state index in [0.29, 0.717) is 23.3 Å². The molecule has 2 aromatic carbocycles. The lowest BCUT2D eigenvalue weighted by atomic mass is 10.1. The predicted octanol–water partition coefficient (Wildman–Crippen LogP) is 9.16. The molecule has 3 aromatic rings. The van der Waals surface area contributed by atoms with E-state index in [1.54, 1.807) is 48.5 Å². The third-order valence-corrected chi connectivity index (χ3v) is 6.53. The number of hydrogen-bond acceptors (Lipinski definition) is 6. The van der Waals surface area contributed by atoms with Gasteiger partial charge >= 0.3 is 11.6 Å². The van der Waals surface area contributed by atoms with Crippen molar-refractivity contribution >= 4 is 16.9 Å². The summed E-state index contributed by atoms with van der Waals surface area (Å²) in [6.07, 6.45) is 12.1. The van der Waals surface area contributed by atoms with Crippen molar-refractivity contribution in [2.75, 3.05) is 13.2 Å². The highest BCUT2D eigenvalue weighted by Crippen LogP contribution is 2.39. The molecule has 6 heteroatoms. The van der Waals surface area contributed by atoms with Crippen LogP contribution < -0.4 is 19.8 Å². The van der Waals surface area contributed by atoms with Gasteiger partial charge in [-0.1, -0.05) is 58.7 Å². The Kier molecular flexibility index (Phi) is 12.4. The zero-order valence-electron chi connectivity index (χ0n) is 25.6. The predicted molar refractivity (Wildman–Crippen MR) is 170 cm³/mol. The molecule has 0 N–H and O–H groups in total. The number of fused-ring (bicyclic) bond motifs is 1. The van der Waals surface area contributed by atoms with E-state index in [9.17, 15) is 9.59 Å². The summed E-state index contributed by atoms with van der Waals surface area (Å²) in [7, 11) is 0. The Bertz CT molecular complexity index is 1530. The van der Waals surface area contributed by atoms with Crippen LogP contribution in [0, 0.1) is 0 Å². The Morgan fingerprint density at radius 2 is 1.31 bits per heavy atom. The second kappa shape index (κ2) is 16.2. The van der Waals surface area contributed by atoms with E-state index in [2.05, 4.69) is 46.8 Å². The number of esters is 1. The number of carbonyl (C=O) groups is 1. The van der Waals surface area contributed by atoms with Gasteiger partial charge in [-0.15, -0.1) is 0 Å². The summed E-state index contributed by atoms with van der Waals surface area (Å²) in [4.78, 5) is 26.0. The normalized spacial score (nSPS) is 11.7. The summed E-state index contributed by atoms with van der Waals surface area (Å²) in [5, 5.41) is 0.430. The minimum atomic E-state index is -0.807. The summed E-state index contributed by atoms with van der Waals surface area (Å²) in [5.74, 6) is -0.426. The maximum absolute atomic E-state index is 13.1. The highest BCUT2D eigenvalue weighted by Gasteiger charge is 2.24. The molecule has 222 valence electrons. The van der Waals surface area contributed by atoms with E-state index < -0.39 is 11.6 Å². The zero-order valence-corrected chi connectivity index (χ0v) is 25.6. The van der Waals surface area contributed by atoms with Gasteiger partial charge in [0.25, 0.3) is 5.75 Å². The van der Waals surface area contributed by atoms with E-state index >= 15 is 0 Å².